The van der Waals surface area contributed by atoms with Crippen LogP contribution in [0.15, 0.2) is 28.1 Å². The van der Waals surface area contributed by atoms with E-state index in [2.05, 4.69) is 15.8 Å². The molecule has 3 N–H and O–H groups in total. The molecule has 0 aliphatic heterocycles. The maximum absolute atomic E-state index is 11.7. The van der Waals surface area contributed by atoms with E-state index in [-0.39, 0.29) is 12.4 Å². The van der Waals surface area contributed by atoms with Gasteiger partial charge in [-0.25, -0.2) is 0 Å². The first-order valence-corrected chi connectivity index (χ1v) is 7.05. The second-order valence-corrected chi connectivity index (χ2v) is 5.66. The van der Waals surface area contributed by atoms with Gasteiger partial charge in [-0.3, -0.25) is 14.9 Å². The predicted octanol–water partition coefficient (Wildman–Crippen LogP) is 1.01. The lowest BCUT2D eigenvalue weighted by molar-refractivity contribution is -0.136. The van der Waals surface area contributed by atoms with Crippen LogP contribution in [0.4, 0.5) is 5.82 Å². The molecular weight excluding hydrogens is 294 g/mol. The summed E-state index contributed by atoms with van der Waals surface area (Å²) in [5.74, 6) is -1.04. The van der Waals surface area contributed by atoms with E-state index in [4.69, 9.17) is 4.52 Å². The molecule has 7 nitrogen and oxygen atoms in total. The van der Waals surface area contributed by atoms with Crippen molar-refractivity contribution >= 4 is 29.0 Å². The van der Waals surface area contributed by atoms with Gasteiger partial charge in [0.2, 0.25) is 0 Å². The van der Waals surface area contributed by atoms with E-state index in [0.29, 0.717) is 10.6 Å². The van der Waals surface area contributed by atoms with E-state index in [0.717, 1.165) is 0 Å². The molecule has 1 atom stereocenters. The zero-order chi connectivity index (χ0) is 15.5. The normalized spacial score (nSPS) is 13.5. The lowest BCUT2D eigenvalue weighted by Crippen LogP contribution is -2.43. The monoisotopic (exact) mass is 309 g/mol. The van der Waals surface area contributed by atoms with Gasteiger partial charge in [0.05, 0.1) is 6.54 Å². The number of hydrogen-bond acceptors (Lipinski definition) is 6. The molecule has 8 heteroatoms. The van der Waals surface area contributed by atoms with E-state index in [1.165, 1.54) is 17.4 Å². The zero-order valence-electron chi connectivity index (χ0n) is 11.5. The SMILES string of the molecule is Cc1cc(NC(=O)C(=O)NCC(C)(O)c2cccs2)no1. The number of amides is 2. The van der Waals surface area contributed by atoms with Gasteiger partial charge in [-0.05, 0) is 25.3 Å². The Labute approximate surface area is 125 Å². The Morgan fingerprint density at radius 1 is 1.48 bits per heavy atom. The highest BCUT2D eigenvalue weighted by molar-refractivity contribution is 7.10. The molecule has 2 aromatic rings. The number of nitrogens with zero attached hydrogens (tertiary/aromatic N) is 1. The van der Waals surface area contributed by atoms with Crippen molar-refractivity contribution < 1.29 is 19.2 Å². The molecular formula is C13H15N3O4S. The molecule has 0 radical (unpaired) electrons. The van der Waals surface area contributed by atoms with Crippen LogP contribution >= 0.6 is 11.3 Å². The van der Waals surface area contributed by atoms with Crippen molar-refractivity contribution in [1.82, 2.24) is 10.5 Å². The van der Waals surface area contributed by atoms with Crippen molar-refractivity contribution in [1.29, 1.82) is 0 Å². The van der Waals surface area contributed by atoms with Crippen molar-refractivity contribution in [3.05, 3.63) is 34.2 Å². The van der Waals surface area contributed by atoms with Crippen molar-refractivity contribution in [2.75, 3.05) is 11.9 Å². The molecule has 0 saturated heterocycles. The third-order valence-corrected chi connectivity index (χ3v) is 3.84. The highest BCUT2D eigenvalue weighted by Gasteiger charge is 2.26. The summed E-state index contributed by atoms with van der Waals surface area (Å²) < 4.78 is 4.77. The first-order chi connectivity index (χ1) is 9.88. The van der Waals surface area contributed by atoms with Crippen LogP contribution in [0, 0.1) is 6.92 Å². The molecule has 2 rings (SSSR count). The first-order valence-electron chi connectivity index (χ1n) is 6.17. The Hall–Kier alpha value is -2.19. The van der Waals surface area contributed by atoms with Crippen molar-refractivity contribution in [2.24, 2.45) is 0 Å². The summed E-state index contributed by atoms with van der Waals surface area (Å²) in [5, 5.41) is 20.3. The average molecular weight is 309 g/mol. The minimum absolute atomic E-state index is 0.0718. The minimum atomic E-state index is -1.23. The molecule has 21 heavy (non-hydrogen) atoms. The van der Waals surface area contributed by atoms with Crippen LogP contribution in [0.1, 0.15) is 17.6 Å². The van der Waals surface area contributed by atoms with Gasteiger partial charge < -0.3 is 14.9 Å². The average Bonchev–Trinajstić information content (AvgIpc) is 3.08. The second-order valence-electron chi connectivity index (χ2n) is 4.71. The number of rotatable bonds is 4. The highest BCUT2D eigenvalue weighted by Crippen LogP contribution is 2.24. The Morgan fingerprint density at radius 3 is 2.81 bits per heavy atom. The molecule has 112 valence electrons. The molecule has 1 unspecified atom stereocenters. The topological polar surface area (TPSA) is 104 Å². The predicted molar refractivity (Wildman–Crippen MR) is 76.8 cm³/mol. The fraction of sp³-hybridized carbons (Fsp3) is 0.308. The van der Waals surface area contributed by atoms with Crippen LogP contribution in [0.2, 0.25) is 0 Å². The van der Waals surface area contributed by atoms with Crippen LogP contribution in [0.25, 0.3) is 0 Å². The number of aromatic nitrogens is 1. The molecule has 0 bridgehead atoms. The molecule has 0 spiro atoms. The smallest absolute Gasteiger partial charge is 0.314 e. The third-order valence-electron chi connectivity index (χ3n) is 2.72. The van der Waals surface area contributed by atoms with Gasteiger partial charge in [0, 0.05) is 10.9 Å². The highest BCUT2D eigenvalue weighted by atomic mass is 32.1. The van der Waals surface area contributed by atoms with Crippen LogP contribution in [0.5, 0.6) is 0 Å². The molecule has 2 amide bonds. The minimum Gasteiger partial charge on any atom is -0.383 e. The lowest BCUT2D eigenvalue weighted by Gasteiger charge is -2.21. The summed E-state index contributed by atoms with van der Waals surface area (Å²) in [6.45, 7) is 3.16. The molecule has 0 saturated carbocycles. The third kappa shape index (κ3) is 3.89. The number of thiophene rings is 1. The number of carbonyl (C=O) groups is 2. The fourth-order valence-corrected chi connectivity index (χ4v) is 2.39. The number of hydrogen-bond donors (Lipinski definition) is 3. The van der Waals surface area contributed by atoms with Gasteiger partial charge in [-0.15, -0.1) is 11.3 Å². The molecule has 2 aromatic heterocycles. The summed E-state index contributed by atoms with van der Waals surface area (Å²) in [7, 11) is 0. The Bertz CT molecular complexity index is 634. The van der Waals surface area contributed by atoms with Crippen molar-refractivity contribution in [2.45, 2.75) is 19.4 Å². The van der Waals surface area contributed by atoms with E-state index >= 15 is 0 Å². The largest absolute Gasteiger partial charge is 0.383 e. The van der Waals surface area contributed by atoms with Crippen molar-refractivity contribution in [3.63, 3.8) is 0 Å². The number of anilines is 1. The molecule has 0 fully saturated rings. The van der Waals surface area contributed by atoms with E-state index < -0.39 is 17.4 Å². The fourth-order valence-electron chi connectivity index (χ4n) is 1.60. The maximum Gasteiger partial charge on any atom is 0.314 e. The van der Waals surface area contributed by atoms with Crippen LogP contribution in [0.3, 0.4) is 0 Å². The standard InChI is InChI=1S/C13H15N3O4S/c1-8-6-10(16-20-8)15-12(18)11(17)14-7-13(2,19)9-4-3-5-21-9/h3-6,19H,7H2,1-2H3,(H,14,17)(H,15,16,18). The first kappa shape index (κ1) is 15.2. The van der Waals surface area contributed by atoms with E-state index in [9.17, 15) is 14.7 Å². The summed E-state index contributed by atoms with van der Waals surface area (Å²) in [6.07, 6.45) is 0. The summed E-state index contributed by atoms with van der Waals surface area (Å²) in [4.78, 5) is 24.0. The number of aliphatic hydroxyl groups is 1. The van der Waals surface area contributed by atoms with Crippen LogP contribution in [-0.4, -0.2) is 28.6 Å². The van der Waals surface area contributed by atoms with Gasteiger partial charge in [0.1, 0.15) is 11.4 Å². The molecule has 2 heterocycles. The number of carbonyl (C=O) groups excluding carboxylic acids is 2. The van der Waals surface area contributed by atoms with Crippen molar-refractivity contribution in [3.8, 4) is 0 Å². The molecule has 0 aromatic carbocycles. The van der Waals surface area contributed by atoms with E-state index in [1.54, 1.807) is 26.0 Å². The number of nitrogens with one attached hydrogen (secondary N) is 2. The Morgan fingerprint density at radius 2 is 2.24 bits per heavy atom. The van der Waals surface area contributed by atoms with Gasteiger partial charge in [-0.1, -0.05) is 11.2 Å². The molecule has 0 aliphatic carbocycles. The van der Waals surface area contributed by atoms with Gasteiger partial charge >= 0.3 is 11.8 Å². The number of aryl methyl sites for hydroxylation is 1. The maximum atomic E-state index is 11.7. The summed E-state index contributed by atoms with van der Waals surface area (Å²) >= 11 is 1.37. The van der Waals surface area contributed by atoms with Crippen LogP contribution in [-0.2, 0) is 15.2 Å². The summed E-state index contributed by atoms with van der Waals surface area (Å²) in [6, 6.07) is 5.05. The van der Waals surface area contributed by atoms with E-state index in [1.807, 2.05) is 5.38 Å². The van der Waals surface area contributed by atoms with Gasteiger partial charge in [0.15, 0.2) is 5.82 Å². The van der Waals surface area contributed by atoms with Crippen LogP contribution < -0.4 is 10.6 Å². The zero-order valence-corrected chi connectivity index (χ0v) is 12.4. The quantitative estimate of drug-likeness (QED) is 0.731. The Balaban J connectivity index is 1.88. The second kappa shape index (κ2) is 6.06. The lowest BCUT2D eigenvalue weighted by atomic mass is 10.1. The van der Waals surface area contributed by atoms with Gasteiger partial charge in [0.25, 0.3) is 0 Å². The molecule has 0 aliphatic rings. The Kier molecular flexibility index (Phi) is 4.39. The van der Waals surface area contributed by atoms with Gasteiger partial charge in [-0.2, -0.15) is 0 Å². The summed E-state index contributed by atoms with van der Waals surface area (Å²) in [5.41, 5.74) is -1.23.